The second kappa shape index (κ2) is 9.09. The Bertz CT molecular complexity index is 1360. The van der Waals surface area contributed by atoms with Crippen molar-refractivity contribution in [3.8, 4) is 11.1 Å². The van der Waals surface area contributed by atoms with Crippen molar-refractivity contribution in [3.05, 3.63) is 95.7 Å². The average Bonchev–Trinajstić information content (AvgIpc) is 3.18. The fourth-order valence-corrected chi connectivity index (χ4v) is 4.37. The van der Waals surface area contributed by atoms with Gasteiger partial charge in [0.1, 0.15) is 11.5 Å². The molecule has 0 radical (unpaired) electrons. The van der Waals surface area contributed by atoms with Crippen LogP contribution in [0.3, 0.4) is 0 Å². The number of rotatable bonds is 4. The highest BCUT2D eigenvalue weighted by Gasteiger charge is 2.25. The van der Waals surface area contributed by atoms with Crippen molar-refractivity contribution in [2.45, 2.75) is 19.9 Å². The Hall–Kier alpha value is -4.00. The maximum absolute atomic E-state index is 13.3. The third-order valence-electron chi connectivity index (χ3n) is 6.24. The third-order valence-corrected chi connectivity index (χ3v) is 6.24. The number of benzene rings is 2. The molecule has 0 unspecified atom stereocenters. The first-order valence-electron chi connectivity index (χ1n) is 11.3. The fourth-order valence-electron chi connectivity index (χ4n) is 4.37. The van der Waals surface area contributed by atoms with Crippen molar-refractivity contribution in [3.63, 3.8) is 0 Å². The number of hydrogen-bond acceptors (Lipinski definition) is 3. The van der Waals surface area contributed by atoms with Crippen LogP contribution in [-0.4, -0.2) is 50.6 Å². The second-order valence-corrected chi connectivity index (χ2v) is 8.60. The van der Waals surface area contributed by atoms with Crippen molar-refractivity contribution in [1.82, 2.24) is 19.2 Å². The molecule has 3 heterocycles. The molecule has 2 aromatic heterocycles. The molecule has 1 saturated heterocycles. The molecule has 172 valence electrons. The van der Waals surface area contributed by atoms with E-state index in [1.165, 1.54) is 12.1 Å². The summed E-state index contributed by atoms with van der Waals surface area (Å²) >= 11 is 0. The lowest BCUT2D eigenvalue weighted by molar-refractivity contribution is -0.131. The van der Waals surface area contributed by atoms with E-state index in [9.17, 15) is 14.0 Å². The Morgan fingerprint density at radius 3 is 2.62 bits per heavy atom. The zero-order valence-corrected chi connectivity index (χ0v) is 18.9. The van der Waals surface area contributed by atoms with Crippen LogP contribution in [0.5, 0.6) is 0 Å². The molecule has 1 aliphatic heterocycles. The highest BCUT2D eigenvalue weighted by molar-refractivity contribution is 5.96. The first kappa shape index (κ1) is 21.8. The maximum Gasteiger partial charge on any atom is 0.253 e. The second-order valence-electron chi connectivity index (χ2n) is 8.60. The molecule has 5 rings (SSSR count). The van der Waals surface area contributed by atoms with Gasteiger partial charge in [-0.05, 0) is 53.9 Å². The fraction of sp³-hybridized carbons (Fsp3) is 0.222. The normalized spacial score (nSPS) is 14.5. The zero-order chi connectivity index (χ0) is 23.7. The molecule has 0 spiro atoms. The lowest BCUT2D eigenvalue weighted by Gasteiger charge is -2.22. The Labute approximate surface area is 197 Å². The van der Waals surface area contributed by atoms with Crippen molar-refractivity contribution in [1.29, 1.82) is 0 Å². The molecule has 0 N–H and O–H groups in total. The predicted molar refractivity (Wildman–Crippen MR) is 128 cm³/mol. The molecule has 1 aliphatic rings. The quantitative estimate of drug-likeness (QED) is 0.460. The van der Waals surface area contributed by atoms with Gasteiger partial charge in [0.05, 0.1) is 12.2 Å². The molecule has 2 aromatic carbocycles. The summed E-state index contributed by atoms with van der Waals surface area (Å²) in [6.45, 7) is 3.71. The van der Waals surface area contributed by atoms with Gasteiger partial charge in [-0.25, -0.2) is 9.37 Å². The zero-order valence-electron chi connectivity index (χ0n) is 18.9. The van der Waals surface area contributed by atoms with Crippen LogP contribution in [0.4, 0.5) is 4.39 Å². The van der Waals surface area contributed by atoms with Gasteiger partial charge < -0.3 is 14.2 Å². The lowest BCUT2D eigenvalue weighted by atomic mass is 10.0. The van der Waals surface area contributed by atoms with E-state index in [4.69, 9.17) is 0 Å². The van der Waals surface area contributed by atoms with Gasteiger partial charge in [-0.15, -0.1) is 0 Å². The molecular weight excluding hydrogens is 431 g/mol. The largest absolute Gasteiger partial charge is 0.336 e. The number of fused-ring (bicyclic) bond motifs is 1. The number of halogens is 1. The van der Waals surface area contributed by atoms with E-state index in [2.05, 4.69) is 4.98 Å². The van der Waals surface area contributed by atoms with Crippen LogP contribution in [-0.2, 0) is 11.3 Å². The third kappa shape index (κ3) is 4.41. The molecule has 34 heavy (non-hydrogen) atoms. The predicted octanol–water partition coefficient (Wildman–Crippen LogP) is 4.32. The topological polar surface area (TPSA) is 57.9 Å². The Morgan fingerprint density at radius 1 is 1.00 bits per heavy atom. The monoisotopic (exact) mass is 456 g/mol. The van der Waals surface area contributed by atoms with Crippen LogP contribution in [0.1, 0.15) is 28.0 Å². The van der Waals surface area contributed by atoms with Crippen LogP contribution < -0.4 is 0 Å². The van der Waals surface area contributed by atoms with E-state index in [1.807, 2.05) is 54.0 Å². The lowest BCUT2D eigenvalue weighted by Crippen LogP contribution is -2.35. The Balaban J connectivity index is 1.29. The summed E-state index contributed by atoms with van der Waals surface area (Å²) in [4.78, 5) is 34.2. The van der Waals surface area contributed by atoms with E-state index in [0.717, 1.165) is 28.0 Å². The van der Waals surface area contributed by atoms with Crippen LogP contribution in [0, 0.1) is 12.7 Å². The van der Waals surface area contributed by atoms with E-state index < -0.39 is 0 Å². The van der Waals surface area contributed by atoms with Crippen LogP contribution in [0.15, 0.2) is 73.1 Å². The number of pyridine rings is 1. The van der Waals surface area contributed by atoms with Gasteiger partial charge in [-0.2, -0.15) is 0 Å². The number of nitrogens with zero attached hydrogens (tertiary/aromatic N) is 4. The molecule has 0 saturated carbocycles. The molecule has 1 fully saturated rings. The SMILES string of the molecule is Cc1cccn2cc(CN3CCN(C(=O)c4cccc(-c5ccc(F)cc5)c4)CCC3=O)nc12. The molecule has 2 amide bonds. The maximum atomic E-state index is 13.3. The summed E-state index contributed by atoms with van der Waals surface area (Å²) in [6.07, 6.45) is 4.17. The Kier molecular flexibility index (Phi) is 5.84. The first-order valence-corrected chi connectivity index (χ1v) is 11.3. The number of imidazole rings is 1. The van der Waals surface area contributed by atoms with E-state index >= 15 is 0 Å². The van der Waals surface area contributed by atoms with Crippen molar-refractivity contribution < 1.29 is 14.0 Å². The highest BCUT2D eigenvalue weighted by atomic mass is 19.1. The number of carbonyl (C=O) groups is 2. The Morgan fingerprint density at radius 2 is 1.82 bits per heavy atom. The highest BCUT2D eigenvalue weighted by Crippen LogP contribution is 2.22. The molecular formula is C27H25FN4O2. The number of aryl methyl sites for hydroxylation is 1. The minimum atomic E-state index is -0.298. The summed E-state index contributed by atoms with van der Waals surface area (Å²) in [6, 6.07) is 17.5. The molecule has 0 aliphatic carbocycles. The van der Waals surface area contributed by atoms with E-state index in [-0.39, 0.29) is 24.1 Å². The molecule has 7 heteroatoms. The van der Waals surface area contributed by atoms with Crippen molar-refractivity contribution in [2.24, 2.45) is 0 Å². The van der Waals surface area contributed by atoms with Crippen molar-refractivity contribution >= 4 is 17.5 Å². The summed E-state index contributed by atoms with van der Waals surface area (Å²) in [5.74, 6) is -0.389. The minimum Gasteiger partial charge on any atom is -0.336 e. The van der Waals surface area contributed by atoms with E-state index in [0.29, 0.717) is 31.7 Å². The van der Waals surface area contributed by atoms with Crippen molar-refractivity contribution in [2.75, 3.05) is 19.6 Å². The number of amides is 2. The standard InChI is InChI=1S/C27H25FN4O2/c1-19-4-3-12-32-18-24(29-26(19)32)17-31-15-14-30(13-11-25(31)33)27(34)22-6-2-5-21(16-22)20-7-9-23(28)10-8-20/h2-10,12,16,18H,11,13-15,17H2,1H3. The van der Waals surface area contributed by atoms with Gasteiger partial charge in [0.25, 0.3) is 5.91 Å². The van der Waals surface area contributed by atoms with Gasteiger partial charge in [0.15, 0.2) is 0 Å². The van der Waals surface area contributed by atoms with Gasteiger partial charge in [-0.1, -0.05) is 30.3 Å². The summed E-state index contributed by atoms with van der Waals surface area (Å²) in [5.41, 5.74) is 5.04. The smallest absolute Gasteiger partial charge is 0.253 e. The average molecular weight is 457 g/mol. The number of aromatic nitrogens is 2. The van der Waals surface area contributed by atoms with Crippen LogP contribution in [0.2, 0.25) is 0 Å². The minimum absolute atomic E-state index is 0.0177. The van der Waals surface area contributed by atoms with Crippen LogP contribution >= 0.6 is 0 Å². The van der Waals surface area contributed by atoms with Gasteiger partial charge in [0.2, 0.25) is 5.91 Å². The molecule has 4 aromatic rings. The molecule has 6 nitrogen and oxygen atoms in total. The summed E-state index contributed by atoms with van der Waals surface area (Å²) < 4.78 is 15.2. The van der Waals surface area contributed by atoms with E-state index in [1.54, 1.807) is 28.0 Å². The van der Waals surface area contributed by atoms with Crippen LogP contribution in [0.25, 0.3) is 16.8 Å². The van der Waals surface area contributed by atoms with Gasteiger partial charge in [0, 0.05) is 44.0 Å². The van der Waals surface area contributed by atoms with Gasteiger partial charge >= 0.3 is 0 Å². The summed E-state index contributed by atoms with van der Waals surface area (Å²) in [5, 5.41) is 0. The van der Waals surface area contributed by atoms with Gasteiger partial charge in [-0.3, -0.25) is 9.59 Å². The molecule has 0 atom stereocenters. The number of carbonyl (C=O) groups excluding carboxylic acids is 2. The number of hydrogen-bond donors (Lipinski definition) is 0. The summed E-state index contributed by atoms with van der Waals surface area (Å²) in [7, 11) is 0. The molecule has 0 bridgehead atoms. The first-order chi connectivity index (χ1) is 16.5.